The van der Waals surface area contributed by atoms with Crippen LogP contribution in [0.25, 0.3) is 16.5 Å². The summed E-state index contributed by atoms with van der Waals surface area (Å²) in [6, 6.07) is 21.0. The van der Waals surface area contributed by atoms with E-state index in [1.165, 1.54) is 7.11 Å². The van der Waals surface area contributed by atoms with Crippen LogP contribution in [0.2, 0.25) is 0 Å². The lowest BCUT2D eigenvalue weighted by Gasteiger charge is -2.13. The molecule has 0 aliphatic carbocycles. The third-order valence-electron chi connectivity index (χ3n) is 5.83. The van der Waals surface area contributed by atoms with Crippen LogP contribution in [0.1, 0.15) is 32.9 Å². The van der Waals surface area contributed by atoms with Crippen molar-refractivity contribution in [1.29, 1.82) is 0 Å². The molecule has 0 radical (unpaired) electrons. The Morgan fingerprint density at radius 1 is 1.00 bits per heavy atom. The van der Waals surface area contributed by atoms with Gasteiger partial charge in [-0.3, -0.25) is 4.79 Å². The Bertz CT molecular complexity index is 1430. The molecule has 3 aromatic carbocycles. The molecule has 4 aromatic rings. The van der Waals surface area contributed by atoms with Crippen molar-refractivity contribution in [3.05, 3.63) is 94.8 Å². The normalized spacial score (nSPS) is 11.1. The van der Waals surface area contributed by atoms with Gasteiger partial charge in [-0.2, -0.15) is 5.10 Å². The molecule has 0 unspecified atom stereocenters. The van der Waals surface area contributed by atoms with E-state index in [0.717, 1.165) is 39.0 Å². The van der Waals surface area contributed by atoms with Crippen molar-refractivity contribution in [1.82, 2.24) is 9.99 Å². The number of nitrogens with one attached hydrogen (secondary N) is 1. The van der Waals surface area contributed by atoms with Crippen LogP contribution < -0.4 is 10.2 Å². The van der Waals surface area contributed by atoms with E-state index in [-0.39, 0.29) is 18.5 Å². The number of aryl methyl sites for hydroxylation is 2. The van der Waals surface area contributed by atoms with E-state index in [1.807, 2.05) is 81.4 Å². The second-order valence-corrected chi connectivity index (χ2v) is 8.21. The molecule has 1 aromatic heterocycles. The molecule has 0 aliphatic heterocycles. The first-order valence-corrected chi connectivity index (χ1v) is 11.2. The minimum absolute atomic E-state index is 0.143. The van der Waals surface area contributed by atoms with Gasteiger partial charge in [0, 0.05) is 28.0 Å². The van der Waals surface area contributed by atoms with E-state index >= 15 is 0 Å². The maximum absolute atomic E-state index is 12.3. The number of amides is 1. The van der Waals surface area contributed by atoms with Gasteiger partial charge in [0.15, 0.2) is 6.61 Å². The first kappa shape index (κ1) is 23.8. The fraction of sp³-hybridized carbons (Fsp3) is 0.179. The summed E-state index contributed by atoms with van der Waals surface area (Å²) in [5.41, 5.74) is 7.77. The van der Waals surface area contributed by atoms with Gasteiger partial charge in [-0.25, -0.2) is 10.2 Å². The minimum Gasteiger partial charge on any atom is -0.483 e. The molecule has 0 aliphatic rings. The third kappa shape index (κ3) is 5.09. The Morgan fingerprint density at radius 2 is 1.77 bits per heavy atom. The van der Waals surface area contributed by atoms with Gasteiger partial charge >= 0.3 is 5.97 Å². The number of esters is 1. The van der Waals surface area contributed by atoms with Crippen LogP contribution in [0, 0.1) is 20.8 Å². The molecule has 35 heavy (non-hydrogen) atoms. The van der Waals surface area contributed by atoms with Gasteiger partial charge in [-0.05, 0) is 62.1 Å². The zero-order valence-corrected chi connectivity index (χ0v) is 20.2. The van der Waals surface area contributed by atoms with E-state index in [1.54, 1.807) is 12.3 Å². The molecule has 0 saturated carbocycles. The minimum atomic E-state index is -0.367. The monoisotopic (exact) mass is 469 g/mol. The van der Waals surface area contributed by atoms with Crippen LogP contribution in [0.15, 0.2) is 71.8 Å². The molecule has 0 bridgehead atoms. The van der Waals surface area contributed by atoms with E-state index in [0.29, 0.717) is 11.3 Å². The largest absolute Gasteiger partial charge is 0.483 e. The van der Waals surface area contributed by atoms with Gasteiger partial charge < -0.3 is 14.0 Å². The Hall–Kier alpha value is -4.39. The zero-order chi connectivity index (χ0) is 24.9. The molecule has 1 amide bonds. The second kappa shape index (κ2) is 10.3. The molecular formula is C28H27N3O4. The van der Waals surface area contributed by atoms with E-state index < -0.39 is 0 Å². The Kier molecular flexibility index (Phi) is 6.96. The van der Waals surface area contributed by atoms with Gasteiger partial charge in [0.2, 0.25) is 0 Å². The number of nitrogens with zero attached hydrogens (tertiary/aromatic N) is 2. The number of ether oxygens (including phenoxy) is 2. The fourth-order valence-electron chi connectivity index (χ4n) is 4.11. The molecule has 1 N–H and O–H groups in total. The zero-order valence-electron chi connectivity index (χ0n) is 20.2. The van der Waals surface area contributed by atoms with E-state index in [2.05, 4.69) is 15.1 Å². The summed E-state index contributed by atoms with van der Waals surface area (Å²) >= 11 is 0. The predicted octanol–water partition coefficient (Wildman–Crippen LogP) is 4.87. The van der Waals surface area contributed by atoms with Gasteiger partial charge in [-0.1, -0.05) is 36.4 Å². The molecule has 7 heteroatoms. The van der Waals surface area contributed by atoms with Crippen LogP contribution in [-0.2, 0) is 9.53 Å². The Labute approximate surface area is 204 Å². The number of hydrogen-bond donors (Lipinski definition) is 1. The quantitative estimate of drug-likeness (QED) is 0.238. The fourth-order valence-corrected chi connectivity index (χ4v) is 4.11. The number of hydrogen-bond acceptors (Lipinski definition) is 5. The number of carbonyl (C=O) groups is 2. The third-order valence-corrected chi connectivity index (χ3v) is 5.83. The van der Waals surface area contributed by atoms with Crippen LogP contribution in [0.3, 0.4) is 0 Å². The molecule has 4 rings (SSSR count). The van der Waals surface area contributed by atoms with Crippen LogP contribution in [0.4, 0.5) is 0 Å². The van der Waals surface area contributed by atoms with E-state index in [9.17, 15) is 9.59 Å². The average Bonchev–Trinajstić information content (AvgIpc) is 3.14. The first-order valence-electron chi connectivity index (χ1n) is 11.2. The number of aromatic nitrogens is 1. The van der Waals surface area contributed by atoms with Gasteiger partial charge in [0.25, 0.3) is 5.91 Å². The van der Waals surface area contributed by atoms with Crippen molar-refractivity contribution < 1.29 is 19.1 Å². The highest BCUT2D eigenvalue weighted by molar-refractivity contribution is 5.90. The standard InChI is InChI=1S/C28H27N3O4/c1-18-14-22(28(33)34-4)12-13-25(18)31-19(2)15-23(20(31)3)16-29-30-27(32)17-35-26-11-7-9-21-8-5-6-10-24(21)26/h5-16H,17H2,1-4H3,(H,30,32)/b29-16+. The Morgan fingerprint density at radius 3 is 2.54 bits per heavy atom. The number of methoxy groups -OCH3 is 1. The average molecular weight is 470 g/mol. The molecule has 178 valence electrons. The highest BCUT2D eigenvalue weighted by Gasteiger charge is 2.14. The summed E-state index contributed by atoms with van der Waals surface area (Å²) in [5, 5.41) is 6.12. The van der Waals surface area contributed by atoms with Crippen LogP contribution in [0.5, 0.6) is 5.75 Å². The summed E-state index contributed by atoms with van der Waals surface area (Å²) in [7, 11) is 1.37. The predicted molar refractivity (Wildman–Crippen MR) is 136 cm³/mol. The molecule has 0 fully saturated rings. The highest BCUT2D eigenvalue weighted by atomic mass is 16.5. The van der Waals surface area contributed by atoms with Crippen molar-refractivity contribution in [2.24, 2.45) is 5.10 Å². The van der Waals surface area contributed by atoms with Crippen molar-refractivity contribution >= 4 is 28.9 Å². The molecule has 0 spiro atoms. The second-order valence-electron chi connectivity index (χ2n) is 8.21. The van der Waals surface area contributed by atoms with Gasteiger partial charge in [-0.15, -0.1) is 0 Å². The lowest BCUT2D eigenvalue weighted by Crippen LogP contribution is -2.24. The topological polar surface area (TPSA) is 81.9 Å². The van der Waals surface area contributed by atoms with E-state index in [4.69, 9.17) is 9.47 Å². The summed E-state index contributed by atoms with van der Waals surface area (Å²) in [6.45, 7) is 5.78. The molecule has 0 saturated heterocycles. The maximum atomic E-state index is 12.3. The van der Waals surface area contributed by atoms with Gasteiger partial charge in [0.05, 0.1) is 18.9 Å². The molecule has 0 atom stereocenters. The molecule has 7 nitrogen and oxygen atoms in total. The summed E-state index contributed by atoms with van der Waals surface area (Å²) in [6.07, 6.45) is 1.62. The molecular weight excluding hydrogens is 442 g/mol. The lowest BCUT2D eigenvalue weighted by molar-refractivity contribution is -0.123. The van der Waals surface area contributed by atoms with Crippen molar-refractivity contribution in [3.63, 3.8) is 0 Å². The number of fused-ring (bicyclic) bond motifs is 1. The van der Waals surface area contributed by atoms with Gasteiger partial charge in [0.1, 0.15) is 5.75 Å². The lowest BCUT2D eigenvalue weighted by atomic mass is 10.1. The van der Waals surface area contributed by atoms with Crippen molar-refractivity contribution in [2.75, 3.05) is 13.7 Å². The number of carbonyl (C=O) groups excluding carboxylic acids is 2. The number of benzene rings is 3. The molecule has 1 heterocycles. The van der Waals surface area contributed by atoms with Crippen molar-refractivity contribution in [2.45, 2.75) is 20.8 Å². The highest BCUT2D eigenvalue weighted by Crippen LogP contribution is 2.25. The number of rotatable bonds is 7. The van der Waals surface area contributed by atoms with Crippen LogP contribution in [-0.4, -0.2) is 36.4 Å². The maximum Gasteiger partial charge on any atom is 0.337 e. The smallest absolute Gasteiger partial charge is 0.337 e. The first-order chi connectivity index (χ1) is 16.9. The van der Waals surface area contributed by atoms with Crippen molar-refractivity contribution in [3.8, 4) is 11.4 Å². The number of hydrazone groups is 1. The van der Waals surface area contributed by atoms with Crippen LogP contribution >= 0.6 is 0 Å². The Balaban J connectivity index is 1.43. The summed E-state index contributed by atoms with van der Waals surface area (Å²) in [4.78, 5) is 24.1. The summed E-state index contributed by atoms with van der Waals surface area (Å²) in [5.74, 6) is -0.0646. The SMILES string of the molecule is COC(=O)c1ccc(-n2c(C)cc(/C=N/NC(=O)COc3cccc4ccccc34)c2C)c(C)c1. The summed E-state index contributed by atoms with van der Waals surface area (Å²) < 4.78 is 12.6.